The van der Waals surface area contributed by atoms with Crippen LogP contribution in [0.25, 0.3) is 11.5 Å². The number of hydrogen-bond acceptors (Lipinski definition) is 6. The summed E-state index contributed by atoms with van der Waals surface area (Å²) in [7, 11) is 0. The first-order valence-corrected chi connectivity index (χ1v) is 9.01. The van der Waals surface area contributed by atoms with Gasteiger partial charge in [-0.2, -0.15) is 12.6 Å². The standard InChI is InChI=1S/C18H24N4OS/c1-3-13(2)17(24)15-12-16(22-8-10-23-11-9-22)21-18(20-15)14-6-4-5-7-19-14/h4-7,12-13,17,24H,3,8-11H2,1-2H3. The molecule has 2 unspecified atom stereocenters. The Bertz CT molecular complexity index is 641. The van der Waals surface area contributed by atoms with Gasteiger partial charge in [-0.05, 0) is 18.1 Å². The summed E-state index contributed by atoms with van der Waals surface area (Å²) in [6, 6.07) is 7.87. The molecule has 6 heteroatoms. The molecule has 0 saturated carbocycles. The highest BCUT2D eigenvalue weighted by Gasteiger charge is 2.21. The Kier molecular flexibility index (Phi) is 5.68. The lowest BCUT2D eigenvalue weighted by Crippen LogP contribution is -2.37. The second kappa shape index (κ2) is 7.94. The summed E-state index contributed by atoms with van der Waals surface area (Å²) in [4.78, 5) is 16.2. The molecule has 0 aliphatic carbocycles. The van der Waals surface area contributed by atoms with Crippen LogP contribution in [-0.2, 0) is 4.74 Å². The quantitative estimate of drug-likeness (QED) is 0.843. The van der Waals surface area contributed by atoms with Gasteiger partial charge in [0.05, 0.1) is 18.9 Å². The minimum absolute atomic E-state index is 0.0836. The molecule has 24 heavy (non-hydrogen) atoms. The summed E-state index contributed by atoms with van der Waals surface area (Å²) in [6.07, 6.45) is 2.83. The highest BCUT2D eigenvalue weighted by Crippen LogP contribution is 2.32. The van der Waals surface area contributed by atoms with Gasteiger partial charge >= 0.3 is 0 Å². The zero-order valence-electron chi connectivity index (χ0n) is 14.2. The molecule has 3 rings (SSSR count). The molecule has 0 spiro atoms. The van der Waals surface area contributed by atoms with Crippen LogP contribution in [0.2, 0.25) is 0 Å². The number of aromatic nitrogens is 3. The third-order valence-electron chi connectivity index (χ3n) is 4.45. The number of hydrogen-bond donors (Lipinski definition) is 1. The van der Waals surface area contributed by atoms with E-state index in [0.29, 0.717) is 11.7 Å². The summed E-state index contributed by atoms with van der Waals surface area (Å²) in [5, 5.41) is 0.0836. The minimum atomic E-state index is 0.0836. The van der Waals surface area contributed by atoms with Crippen molar-refractivity contribution in [2.45, 2.75) is 25.5 Å². The largest absolute Gasteiger partial charge is 0.378 e. The minimum Gasteiger partial charge on any atom is -0.378 e. The first-order chi connectivity index (χ1) is 11.7. The Balaban J connectivity index is 2.01. The van der Waals surface area contributed by atoms with E-state index < -0.39 is 0 Å². The zero-order chi connectivity index (χ0) is 16.9. The number of nitrogens with zero attached hydrogens (tertiary/aromatic N) is 4. The van der Waals surface area contributed by atoms with Crippen LogP contribution in [0.5, 0.6) is 0 Å². The molecule has 2 aromatic heterocycles. The predicted octanol–water partition coefficient (Wildman–Crippen LogP) is 3.39. The van der Waals surface area contributed by atoms with Crippen LogP contribution in [0.4, 0.5) is 5.82 Å². The van der Waals surface area contributed by atoms with Crippen LogP contribution in [0.3, 0.4) is 0 Å². The maximum Gasteiger partial charge on any atom is 0.180 e. The van der Waals surface area contributed by atoms with E-state index in [0.717, 1.165) is 49.9 Å². The van der Waals surface area contributed by atoms with Crippen molar-refractivity contribution in [2.75, 3.05) is 31.2 Å². The SMILES string of the molecule is CCC(C)C(S)c1cc(N2CCOCC2)nc(-c2ccccn2)n1. The lowest BCUT2D eigenvalue weighted by molar-refractivity contribution is 0.122. The molecular formula is C18H24N4OS. The maximum absolute atomic E-state index is 5.46. The van der Waals surface area contributed by atoms with Crippen LogP contribution in [0.15, 0.2) is 30.5 Å². The van der Waals surface area contributed by atoms with E-state index in [9.17, 15) is 0 Å². The average Bonchev–Trinajstić information content (AvgIpc) is 2.67. The van der Waals surface area contributed by atoms with Gasteiger partial charge in [-0.1, -0.05) is 26.3 Å². The monoisotopic (exact) mass is 344 g/mol. The van der Waals surface area contributed by atoms with E-state index in [4.69, 9.17) is 27.3 Å². The van der Waals surface area contributed by atoms with Crippen molar-refractivity contribution in [1.82, 2.24) is 15.0 Å². The topological polar surface area (TPSA) is 51.1 Å². The van der Waals surface area contributed by atoms with Crippen molar-refractivity contribution in [1.29, 1.82) is 0 Å². The van der Waals surface area contributed by atoms with Gasteiger partial charge in [-0.3, -0.25) is 4.98 Å². The number of morpholine rings is 1. The summed E-state index contributed by atoms with van der Waals surface area (Å²) >= 11 is 4.81. The first kappa shape index (κ1) is 17.2. The van der Waals surface area contributed by atoms with Crippen molar-refractivity contribution in [3.05, 3.63) is 36.2 Å². The molecule has 2 aromatic rings. The van der Waals surface area contributed by atoms with Crippen molar-refractivity contribution in [2.24, 2.45) is 5.92 Å². The smallest absolute Gasteiger partial charge is 0.180 e. The Labute approximate surface area is 148 Å². The molecular weight excluding hydrogens is 320 g/mol. The number of thiol groups is 1. The molecule has 0 radical (unpaired) electrons. The fourth-order valence-corrected chi connectivity index (χ4v) is 3.03. The molecule has 128 valence electrons. The second-order valence-corrected chi connectivity index (χ2v) is 6.68. The molecule has 5 nitrogen and oxygen atoms in total. The number of ether oxygens (including phenoxy) is 1. The maximum atomic E-state index is 5.46. The molecule has 0 aromatic carbocycles. The Hall–Kier alpha value is -1.66. The third kappa shape index (κ3) is 3.87. The molecule has 0 bridgehead atoms. The highest BCUT2D eigenvalue weighted by atomic mass is 32.1. The molecule has 0 amide bonds. The van der Waals surface area contributed by atoms with Gasteiger partial charge in [0.15, 0.2) is 5.82 Å². The Morgan fingerprint density at radius 2 is 2.04 bits per heavy atom. The van der Waals surface area contributed by atoms with Crippen LogP contribution < -0.4 is 4.90 Å². The summed E-state index contributed by atoms with van der Waals surface area (Å²) in [5.74, 6) is 2.04. The molecule has 1 saturated heterocycles. The lowest BCUT2D eigenvalue weighted by atomic mass is 10.0. The van der Waals surface area contributed by atoms with Gasteiger partial charge < -0.3 is 9.64 Å². The van der Waals surface area contributed by atoms with Crippen LogP contribution in [-0.4, -0.2) is 41.3 Å². The fourth-order valence-electron chi connectivity index (χ4n) is 2.68. The van der Waals surface area contributed by atoms with Crippen molar-refractivity contribution >= 4 is 18.4 Å². The van der Waals surface area contributed by atoms with E-state index in [1.807, 2.05) is 18.2 Å². The molecule has 2 atom stereocenters. The normalized spacial score (nSPS) is 17.5. The molecule has 1 aliphatic rings. The van der Waals surface area contributed by atoms with E-state index >= 15 is 0 Å². The van der Waals surface area contributed by atoms with Crippen LogP contribution >= 0.6 is 12.6 Å². The van der Waals surface area contributed by atoms with Crippen molar-refractivity contribution < 1.29 is 4.74 Å². The molecule has 0 N–H and O–H groups in total. The Morgan fingerprint density at radius 3 is 2.71 bits per heavy atom. The Morgan fingerprint density at radius 1 is 1.25 bits per heavy atom. The number of pyridine rings is 1. The number of rotatable bonds is 5. The zero-order valence-corrected chi connectivity index (χ0v) is 15.1. The van der Waals surface area contributed by atoms with Crippen molar-refractivity contribution in [3.63, 3.8) is 0 Å². The summed E-state index contributed by atoms with van der Waals surface area (Å²) in [5.41, 5.74) is 1.75. The van der Waals surface area contributed by atoms with Crippen LogP contribution in [0.1, 0.15) is 31.2 Å². The molecule has 1 aliphatic heterocycles. The molecule has 3 heterocycles. The van der Waals surface area contributed by atoms with Gasteiger partial charge in [0.1, 0.15) is 11.5 Å². The third-order valence-corrected chi connectivity index (χ3v) is 5.22. The predicted molar refractivity (Wildman–Crippen MR) is 99.5 cm³/mol. The van der Waals surface area contributed by atoms with Crippen molar-refractivity contribution in [3.8, 4) is 11.5 Å². The van der Waals surface area contributed by atoms with Gasteiger partial charge in [-0.15, -0.1) is 0 Å². The summed E-state index contributed by atoms with van der Waals surface area (Å²) < 4.78 is 5.46. The highest BCUT2D eigenvalue weighted by molar-refractivity contribution is 7.80. The van der Waals surface area contributed by atoms with Gasteiger partial charge in [0, 0.05) is 30.6 Å². The van der Waals surface area contributed by atoms with E-state index in [1.165, 1.54) is 0 Å². The second-order valence-electron chi connectivity index (χ2n) is 6.12. The first-order valence-electron chi connectivity index (χ1n) is 8.50. The molecule has 1 fully saturated rings. The van der Waals surface area contributed by atoms with E-state index in [1.54, 1.807) is 6.20 Å². The van der Waals surface area contributed by atoms with Gasteiger partial charge in [0.25, 0.3) is 0 Å². The van der Waals surface area contributed by atoms with Crippen LogP contribution in [0, 0.1) is 5.92 Å². The lowest BCUT2D eigenvalue weighted by Gasteiger charge is -2.29. The fraction of sp³-hybridized carbons (Fsp3) is 0.500. The summed E-state index contributed by atoms with van der Waals surface area (Å²) in [6.45, 7) is 7.53. The van der Waals surface area contributed by atoms with E-state index in [2.05, 4.69) is 29.8 Å². The van der Waals surface area contributed by atoms with E-state index in [-0.39, 0.29) is 5.25 Å². The van der Waals surface area contributed by atoms with Gasteiger partial charge in [0.2, 0.25) is 0 Å². The van der Waals surface area contributed by atoms with Gasteiger partial charge in [-0.25, -0.2) is 9.97 Å². The number of anilines is 1. The average molecular weight is 344 g/mol.